The molecule has 5 nitrogen and oxygen atoms in total. The molecule has 2 aromatic carbocycles. The molecule has 0 saturated heterocycles. The van der Waals surface area contributed by atoms with Crippen LogP contribution in [0.1, 0.15) is 11.1 Å². The molecule has 0 amide bonds. The summed E-state index contributed by atoms with van der Waals surface area (Å²) < 4.78 is 0. The highest BCUT2D eigenvalue weighted by atomic mass is 16.6. The Morgan fingerprint density at radius 1 is 1.25 bits per heavy atom. The molecule has 0 heterocycles. The number of non-ortho nitro benzene ring substituents is 1. The number of benzene rings is 2. The van der Waals surface area contributed by atoms with Crippen molar-refractivity contribution in [1.29, 1.82) is 0 Å². The van der Waals surface area contributed by atoms with Crippen molar-refractivity contribution in [2.45, 2.75) is 13.3 Å². The fourth-order valence-electron chi connectivity index (χ4n) is 2.05. The van der Waals surface area contributed by atoms with Gasteiger partial charge in [-0.15, -0.1) is 0 Å². The average Bonchev–Trinajstić information content (AvgIpc) is 2.42. The Morgan fingerprint density at radius 3 is 2.65 bits per heavy atom. The smallest absolute Gasteiger partial charge is 0.271 e. The van der Waals surface area contributed by atoms with Crippen LogP contribution in [0.5, 0.6) is 0 Å². The number of nitrogens with zero attached hydrogens (tertiary/aromatic N) is 1. The summed E-state index contributed by atoms with van der Waals surface area (Å²) in [6.07, 6.45) is 0.878. The number of nitro groups is 1. The molecule has 5 heteroatoms. The Labute approximate surface area is 117 Å². The van der Waals surface area contributed by atoms with E-state index in [9.17, 15) is 10.1 Å². The molecule has 0 aliphatic heterocycles. The zero-order valence-corrected chi connectivity index (χ0v) is 11.3. The lowest BCUT2D eigenvalue weighted by atomic mass is 10.1. The Hall–Kier alpha value is -2.56. The largest absolute Gasteiger partial charge is 0.397 e. The lowest BCUT2D eigenvalue weighted by Gasteiger charge is -2.10. The van der Waals surface area contributed by atoms with Gasteiger partial charge in [-0.1, -0.05) is 24.3 Å². The number of hydrogen-bond donors (Lipinski definition) is 2. The Kier molecular flexibility index (Phi) is 4.20. The number of nitrogens with one attached hydrogen (secondary N) is 1. The molecule has 0 aromatic heterocycles. The molecule has 0 aliphatic rings. The highest BCUT2D eigenvalue weighted by Crippen LogP contribution is 2.24. The van der Waals surface area contributed by atoms with Gasteiger partial charge < -0.3 is 11.1 Å². The van der Waals surface area contributed by atoms with Crippen LogP contribution in [0.15, 0.2) is 42.5 Å². The van der Waals surface area contributed by atoms with Gasteiger partial charge in [-0.25, -0.2) is 0 Å². The second kappa shape index (κ2) is 6.06. The van der Waals surface area contributed by atoms with E-state index in [0.29, 0.717) is 5.69 Å². The van der Waals surface area contributed by atoms with Gasteiger partial charge in [-0.2, -0.15) is 0 Å². The Bertz CT molecular complexity index is 626. The zero-order valence-electron chi connectivity index (χ0n) is 11.3. The molecule has 0 spiro atoms. The van der Waals surface area contributed by atoms with Gasteiger partial charge in [0.2, 0.25) is 0 Å². The summed E-state index contributed by atoms with van der Waals surface area (Å²) in [4.78, 5) is 10.2. The van der Waals surface area contributed by atoms with Crippen molar-refractivity contribution in [3.8, 4) is 0 Å². The third-order valence-electron chi connectivity index (χ3n) is 3.22. The molecular formula is C15H17N3O2. The van der Waals surface area contributed by atoms with Gasteiger partial charge in [0.05, 0.1) is 16.3 Å². The highest BCUT2D eigenvalue weighted by Gasteiger charge is 2.08. The summed E-state index contributed by atoms with van der Waals surface area (Å²) >= 11 is 0. The molecule has 2 aromatic rings. The molecule has 104 valence electrons. The highest BCUT2D eigenvalue weighted by molar-refractivity contribution is 5.69. The van der Waals surface area contributed by atoms with Crippen molar-refractivity contribution in [1.82, 2.24) is 0 Å². The van der Waals surface area contributed by atoms with Crippen LogP contribution in [-0.4, -0.2) is 11.5 Å². The van der Waals surface area contributed by atoms with Gasteiger partial charge in [-0.3, -0.25) is 10.1 Å². The first-order chi connectivity index (χ1) is 9.58. The predicted molar refractivity (Wildman–Crippen MR) is 80.9 cm³/mol. The van der Waals surface area contributed by atoms with E-state index in [2.05, 4.69) is 24.4 Å². The number of hydrogen-bond acceptors (Lipinski definition) is 4. The Balaban J connectivity index is 1.98. The summed E-state index contributed by atoms with van der Waals surface area (Å²) in [6, 6.07) is 12.7. The first-order valence-corrected chi connectivity index (χ1v) is 6.40. The second-order valence-corrected chi connectivity index (χ2v) is 4.63. The summed E-state index contributed by atoms with van der Waals surface area (Å²) in [5.41, 5.74) is 9.46. The summed E-state index contributed by atoms with van der Waals surface area (Å²) in [5, 5.41) is 13.8. The molecule has 20 heavy (non-hydrogen) atoms. The van der Waals surface area contributed by atoms with E-state index < -0.39 is 4.92 Å². The maximum Gasteiger partial charge on any atom is 0.271 e. The first kappa shape index (κ1) is 13.9. The lowest BCUT2D eigenvalue weighted by molar-refractivity contribution is -0.384. The third-order valence-corrected chi connectivity index (χ3v) is 3.22. The summed E-state index contributed by atoms with van der Waals surface area (Å²) in [7, 11) is 0. The molecule has 0 saturated carbocycles. The summed E-state index contributed by atoms with van der Waals surface area (Å²) in [5.74, 6) is 0. The average molecular weight is 271 g/mol. The maximum atomic E-state index is 10.6. The fraction of sp³-hybridized carbons (Fsp3) is 0.200. The summed E-state index contributed by atoms with van der Waals surface area (Å²) in [6.45, 7) is 2.81. The van der Waals surface area contributed by atoms with Crippen LogP contribution in [-0.2, 0) is 6.42 Å². The van der Waals surface area contributed by atoms with E-state index in [-0.39, 0.29) is 5.69 Å². The number of nitrogens with two attached hydrogens (primary N) is 1. The number of nitrogen functional groups attached to an aromatic ring is 1. The van der Waals surface area contributed by atoms with Crippen LogP contribution in [0.25, 0.3) is 0 Å². The number of anilines is 2. The molecule has 0 atom stereocenters. The van der Waals surface area contributed by atoms with E-state index in [1.807, 2.05) is 12.1 Å². The van der Waals surface area contributed by atoms with Gasteiger partial charge >= 0.3 is 0 Å². The van der Waals surface area contributed by atoms with Crippen LogP contribution in [0.3, 0.4) is 0 Å². The quantitative estimate of drug-likeness (QED) is 0.497. The topological polar surface area (TPSA) is 81.2 Å². The maximum absolute atomic E-state index is 10.6. The van der Waals surface area contributed by atoms with Crippen LogP contribution in [0, 0.1) is 17.0 Å². The number of nitro benzene ring substituents is 1. The van der Waals surface area contributed by atoms with Crippen LogP contribution >= 0.6 is 0 Å². The van der Waals surface area contributed by atoms with Crippen molar-refractivity contribution < 1.29 is 4.92 Å². The predicted octanol–water partition coefficient (Wildman–Crippen LogP) is 3.14. The molecule has 3 N–H and O–H groups in total. The van der Waals surface area contributed by atoms with Gasteiger partial charge in [0.15, 0.2) is 0 Å². The van der Waals surface area contributed by atoms with E-state index >= 15 is 0 Å². The van der Waals surface area contributed by atoms with Crippen molar-refractivity contribution in [2.75, 3.05) is 17.6 Å². The molecule has 0 radical (unpaired) electrons. The standard InChI is InChI=1S/C15H17N3O2/c1-11-4-2-3-5-12(11)8-9-17-15-7-6-13(18(19)20)10-14(15)16/h2-7,10,17H,8-9,16H2,1H3. The molecule has 2 rings (SSSR count). The molecule has 0 fully saturated rings. The molecule has 0 unspecified atom stereocenters. The SMILES string of the molecule is Cc1ccccc1CCNc1ccc([N+](=O)[O-])cc1N. The van der Waals surface area contributed by atoms with E-state index in [0.717, 1.165) is 18.7 Å². The van der Waals surface area contributed by atoms with Crippen LogP contribution in [0.2, 0.25) is 0 Å². The van der Waals surface area contributed by atoms with Gasteiger partial charge in [-0.05, 0) is 30.5 Å². The fourth-order valence-corrected chi connectivity index (χ4v) is 2.05. The normalized spacial score (nSPS) is 10.2. The second-order valence-electron chi connectivity index (χ2n) is 4.63. The minimum absolute atomic E-state index is 0.00644. The minimum Gasteiger partial charge on any atom is -0.397 e. The molecule has 0 aliphatic carbocycles. The number of aryl methyl sites for hydroxylation is 1. The first-order valence-electron chi connectivity index (χ1n) is 6.40. The third kappa shape index (κ3) is 3.26. The van der Waals surface area contributed by atoms with Crippen molar-refractivity contribution in [2.24, 2.45) is 0 Å². The van der Waals surface area contributed by atoms with E-state index in [1.54, 1.807) is 6.07 Å². The van der Waals surface area contributed by atoms with Crippen molar-refractivity contribution >= 4 is 17.1 Å². The Morgan fingerprint density at radius 2 is 2.00 bits per heavy atom. The number of rotatable bonds is 5. The van der Waals surface area contributed by atoms with Gasteiger partial charge in [0.25, 0.3) is 5.69 Å². The monoisotopic (exact) mass is 271 g/mol. The van der Waals surface area contributed by atoms with Crippen LogP contribution < -0.4 is 11.1 Å². The minimum atomic E-state index is -0.451. The van der Waals surface area contributed by atoms with Gasteiger partial charge in [0, 0.05) is 18.7 Å². The van der Waals surface area contributed by atoms with Crippen LogP contribution in [0.4, 0.5) is 17.1 Å². The molecular weight excluding hydrogens is 254 g/mol. The van der Waals surface area contributed by atoms with Crippen molar-refractivity contribution in [3.63, 3.8) is 0 Å². The zero-order chi connectivity index (χ0) is 14.5. The lowest BCUT2D eigenvalue weighted by Crippen LogP contribution is -2.07. The van der Waals surface area contributed by atoms with Gasteiger partial charge in [0.1, 0.15) is 0 Å². The van der Waals surface area contributed by atoms with E-state index in [4.69, 9.17) is 5.73 Å². The van der Waals surface area contributed by atoms with E-state index in [1.165, 1.54) is 23.3 Å². The van der Waals surface area contributed by atoms with Crippen molar-refractivity contribution in [3.05, 3.63) is 63.7 Å². The molecule has 0 bridgehead atoms.